The van der Waals surface area contributed by atoms with E-state index in [0.29, 0.717) is 13.1 Å². The lowest BCUT2D eigenvalue weighted by atomic mass is 10.1. The fourth-order valence-electron chi connectivity index (χ4n) is 3.90. The van der Waals surface area contributed by atoms with Crippen LogP contribution in [0.15, 0.2) is 28.9 Å². The number of rotatable bonds is 4. The van der Waals surface area contributed by atoms with Gasteiger partial charge in [-0.2, -0.15) is 0 Å². The first kappa shape index (κ1) is 17.3. The number of hydrogen-bond donors (Lipinski definition) is 1. The first-order valence-electron chi connectivity index (χ1n) is 9.45. The van der Waals surface area contributed by atoms with Crippen LogP contribution in [0.25, 0.3) is 0 Å². The molecular weight excluding hydrogens is 348 g/mol. The fourth-order valence-corrected chi connectivity index (χ4v) is 5.11. The highest BCUT2D eigenvalue weighted by Gasteiger charge is 2.35. The minimum absolute atomic E-state index is 0.0127. The third-order valence-corrected chi connectivity index (χ3v) is 6.52. The van der Waals surface area contributed by atoms with Crippen molar-refractivity contribution in [3.05, 3.63) is 45.5 Å². The maximum absolute atomic E-state index is 13.0. The smallest absolute Gasteiger partial charge is 0.264 e. The molecule has 1 N–H and O–H groups in total. The van der Waals surface area contributed by atoms with Gasteiger partial charge in [-0.15, -0.1) is 11.3 Å². The van der Waals surface area contributed by atoms with Gasteiger partial charge < -0.3 is 14.6 Å². The normalized spacial score (nSPS) is 19.8. The van der Waals surface area contributed by atoms with Crippen molar-refractivity contribution in [1.82, 2.24) is 10.2 Å². The van der Waals surface area contributed by atoms with Crippen molar-refractivity contribution in [2.75, 3.05) is 6.54 Å². The Morgan fingerprint density at radius 3 is 2.96 bits per heavy atom. The van der Waals surface area contributed by atoms with E-state index >= 15 is 0 Å². The molecule has 2 aliphatic rings. The van der Waals surface area contributed by atoms with Crippen molar-refractivity contribution < 1.29 is 14.0 Å². The summed E-state index contributed by atoms with van der Waals surface area (Å²) in [6.45, 7) is 1.01. The highest BCUT2D eigenvalue weighted by Crippen LogP contribution is 2.31. The fraction of sp³-hybridized carbons (Fsp3) is 0.500. The van der Waals surface area contributed by atoms with E-state index in [1.54, 1.807) is 28.6 Å². The van der Waals surface area contributed by atoms with Gasteiger partial charge in [0, 0.05) is 11.4 Å². The molecule has 0 saturated carbocycles. The lowest BCUT2D eigenvalue weighted by molar-refractivity contribution is -0.125. The Bertz CT molecular complexity index is 758. The van der Waals surface area contributed by atoms with Crippen LogP contribution in [-0.2, 0) is 24.2 Å². The Balaban J connectivity index is 1.44. The van der Waals surface area contributed by atoms with Crippen LogP contribution in [0.3, 0.4) is 0 Å². The average molecular weight is 372 g/mol. The van der Waals surface area contributed by atoms with Crippen LogP contribution in [0.2, 0.25) is 0 Å². The minimum Gasteiger partial charge on any atom is -0.467 e. The van der Waals surface area contributed by atoms with Gasteiger partial charge in [0.2, 0.25) is 5.91 Å². The van der Waals surface area contributed by atoms with Gasteiger partial charge in [-0.3, -0.25) is 9.59 Å². The summed E-state index contributed by atoms with van der Waals surface area (Å²) >= 11 is 1.63. The molecule has 1 saturated heterocycles. The summed E-state index contributed by atoms with van der Waals surface area (Å²) in [7, 11) is 0. The number of carbonyl (C=O) groups excluding carboxylic acids is 2. The summed E-state index contributed by atoms with van der Waals surface area (Å²) in [6, 6.07) is 5.33. The van der Waals surface area contributed by atoms with Crippen LogP contribution in [0, 0.1) is 0 Å². The number of hydrogen-bond acceptors (Lipinski definition) is 4. The summed E-state index contributed by atoms with van der Waals surface area (Å²) in [4.78, 5) is 29.5. The molecule has 1 aliphatic heterocycles. The molecule has 0 aromatic carbocycles. The van der Waals surface area contributed by atoms with Crippen molar-refractivity contribution in [1.29, 1.82) is 0 Å². The van der Waals surface area contributed by atoms with E-state index in [1.165, 1.54) is 29.7 Å². The second-order valence-corrected chi connectivity index (χ2v) is 8.21. The third-order valence-electron chi connectivity index (χ3n) is 5.29. The number of likely N-dealkylation sites (tertiary alicyclic amines) is 1. The Labute approximate surface area is 157 Å². The molecule has 0 bridgehead atoms. The molecule has 2 aromatic rings. The molecular formula is C20H24N2O3S. The van der Waals surface area contributed by atoms with Gasteiger partial charge in [0.05, 0.1) is 17.7 Å². The zero-order chi connectivity index (χ0) is 17.9. The number of aryl methyl sites for hydroxylation is 2. The highest BCUT2D eigenvalue weighted by atomic mass is 32.1. The van der Waals surface area contributed by atoms with E-state index in [2.05, 4.69) is 11.4 Å². The van der Waals surface area contributed by atoms with E-state index in [9.17, 15) is 9.59 Å². The molecule has 4 rings (SSSR count). The molecule has 1 fully saturated rings. The van der Waals surface area contributed by atoms with E-state index < -0.39 is 0 Å². The number of thiophene rings is 1. The quantitative estimate of drug-likeness (QED) is 0.835. The molecule has 26 heavy (non-hydrogen) atoms. The molecule has 1 atom stereocenters. The molecule has 1 aliphatic carbocycles. The van der Waals surface area contributed by atoms with E-state index in [1.807, 2.05) is 6.07 Å². The van der Waals surface area contributed by atoms with Crippen LogP contribution >= 0.6 is 11.3 Å². The predicted octanol–water partition coefficient (Wildman–Crippen LogP) is 3.53. The summed E-state index contributed by atoms with van der Waals surface area (Å²) in [5, 5.41) is 2.90. The summed E-state index contributed by atoms with van der Waals surface area (Å²) < 4.78 is 5.25. The topological polar surface area (TPSA) is 62.6 Å². The Morgan fingerprint density at radius 2 is 2.12 bits per heavy atom. The lowest BCUT2D eigenvalue weighted by Gasteiger charge is -2.23. The first-order valence-corrected chi connectivity index (χ1v) is 10.3. The molecule has 138 valence electrons. The number of furan rings is 1. The first-order chi connectivity index (χ1) is 12.7. The molecule has 2 aromatic heterocycles. The van der Waals surface area contributed by atoms with Crippen molar-refractivity contribution in [2.45, 2.75) is 57.5 Å². The van der Waals surface area contributed by atoms with Gasteiger partial charge in [0.1, 0.15) is 11.8 Å². The molecule has 3 heterocycles. The predicted molar refractivity (Wildman–Crippen MR) is 100 cm³/mol. The Hall–Kier alpha value is -2.08. The van der Waals surface area contributed by atoms with Gasteiger partial charge in [0.15, 0.2) is 0 Å². The number of nitrogens with one attached hydrogen (secondary N) is 1. The minimum atomic E-state index is -0.376. The van der Waals surface area contributed by atoms with Gasteiger partial charge >= 0.3 is 0 Å². The Kier molecular flexibility index (Phi) is 5.11. The SMILES string of the molecule is O=C(NCc1ccco1)C1CCCN1C(=O)c1cc2c(s1)CCCCC2. The monoisotopic (exact) mass is 372 g/mol. The Morgan fingerprint density at radius 1 is 1.23 bits per heavy atom. The van der Waals surface area contributed by atoms with Crippen LogP contribution in [0.1, 0.15) is 58.0 Å². The van der Waals surface area contributed by atoms with Crippen LogP contribution in [0.4, 0.5) is 0 Å². The number of nitrogens with zero attached hydrogens (tertiary/aromatic N) is 1. The van der Waals surface area contributed by atoms with Crippen molar-refractivity contribution in [3.8, 4) is 0 Å². The lowest BCUT2D eigenvalue weighted by Crippen LogP contribution is -2.45. The summed E-state index contributed by atoms with van der Waals surface area (Å²) in [6.07, 6.45) is 9.03. The van der Waals surface area contributed by atoms with Gasteiger partial charge in [-0.05, 0) is 62.3 Å². The number of amides is 2. The van der Waals surface area contributed by atoms with Crippen LogP contribution in [0.5, 0.6) is 0 Å². The average Bonchev–Trinajstić information content (AvgIpc) is 3.38. The molecule has 1 unspecified atom stereocenters. The van der Waals surface area contributed by atoms with Crippen molar-refractivity contribution in [3.63, 3.8) is 0 Å². The molecule has 2 amide bonds. The van der Waals surface area contributed by atoms with Crippen LogP contribution in [-0.4, -0.2) is 29.3 Å². The molecule has 0 spiro atoms. The van der Waals surface area contributed by atoms with Gasteiger partial charge in [-0.1, -0.05) is 6.42 Å². The number of fused-ring (bicyclic) bond motifs is 1. The maximum Gasteiger partial charge on any atom is 0.264 e. The van der Waals surface area contributed by atoms with E-state index in [0.717, 1.165) is 36.3 Å². The second-order valence-electron chi connectivity index (χ2n) is 7.07. The van der Waals surface area contributed by atoms with Crippen LogP contribution < -0.4 is 5.32 Å². The summed E-state index contributed by atoms with van der Waals surface area (Å²) in [5.74, 6) is 0.639. The molecule has 0 radical (unpaired) electrons. The second kappa shape index (κ2) is 7.66. The zero-order valence-electron chi connectivity index (χ0n) is 14.8. The summed E-state index contributed by atoms with van der Waals surface area (Å²) in [5.41, 5.74) is 1.34. The maximum atomic E-state index is 13.0. The van der Waals surface area contributed by atoms with E-state index in [4.69, 9.17) is 4.42 Å². The largest absolute Gasteiger partial charge is 0.467 e. The highest BCUT2D eigenvalue weighted by molar-refractivity contribution is 7.14. The van der Waals surface area contributed by atoms with Crippen molar-refractivity contribution >= 4 is 23.2 Å². The van der Waals surface area contributed by atoms with Crippen molar-refractivity contribution in [2.24, 2.45) is 0 Å². The van der Waals surface area contributed by atoms with E-state index in [-0.39, 0.29) is 17.9 Å². The van der Waals surface area contributed by atoms with Gasteiger partial charge in [0.25, 0.3) is 5.91 Å². The standard InChI is InChI=1S/C20H24N2O3S/c23-19(21-13-15-7-5-11-25-15)16-8-4-10-22(16)20(24)18-12-14-6-2-1-3-9-17(14)26-18/h5,7,11-12,16H,1-4,6,8-10,13H2,(H,21,23). The molecule has 6 heteroatoms. The zero-order valence-corrected chi connectivity index (χ0v) is 15.6. The number of carbonyl (C=O) groups is 2. The third kappa shape index (κ3) is 3.56. The van der Waals surface area contributed by atoms with Gasteiger partial charge in [-0.25, -0.2) is 0 Å². The molecule has 5 nitrogen and oxygen atoms in total.